The van der Waals surface area contributed by atoms with Crippen molar-refractivity contribution < 1.29 is 14.8 Å². The van der Waals surface area contributed by atoms with Gasteiger partial charge in [-0.05, 0) is 28.1 Å². The van der Waals surface area contributed by atoms with Gasteiger partial charge in [0.2, 0.25) is 0 Å². The van der Waals surface area contributed by atoms with Crippen LogP contribution in [-0.2, 0) is 0 Å². The number of halogens is 1. The lowest BCUT2D eigenvalue weighted by Crippen LogP contribution is -2.23. The third kappa shape index (κ3) is 1.82. The highest BCUT2D eigenvalue weighted by Gasteiger charge is 2.19. The summed E-state index contributed by atoms with van der Waals surface area (Å²) in [6.45, 7) is 0. The maximum atomic E-state index is 10.5. The Morgan fingerprint density at radius 3 is 2.50 bits per heavy atom. The molecule has 0 heterocycles. The maximum absolute atomic E-state index is 10.5. The summed E-state index contributed by atoms with van der Waals surface area (Å²) >= 11 is 2.85. The van der Waals surface area contributed by atoms with Crippen LogP contribution >= 0.6 is 15.9 Å². The Morgan fingerprint density at radius 2 is 2.07 bits per heavy atom. The molecule has 0 atom stereocenters. The highest BCUT2D eigenvalue weighted by atomic mass is 79.9. The highest BCUT2D eigenvalue weighted by molar-refractivity contribution is 9.10. The molecule has 0 aromatic heterocycles. The predicted molar refractivity (Wildman–Crippen MR) is 49.5 cm³/mol. The van der Waals surface area contributed by atoms with Gasteiger partial charge in [-0.25, -0.2) is 0 Å². The van der Waals surface area contributed by atoms with Crippen LogP contribution in [0.3, 0.4) is 0 Å². The maximum Gasteiger partial charge on any atom is 0.292 e. The molecule has 0 amide bonds. The second kappa shape index (κ2) is 3.62. The van der Waals surface area contributed by atoms with Crippen molar-refractivity contribution >= 4 is 33.3 Å². The number of carbonyl (C=O) groups is 1. The number of nitrogen functional groups attached to an aromatic ring is 1. The number of anilines is 1. The van der Waals surface area contributed by atoms with Crippen molar-refractivity contribution in [1.29, 1.82) is 0 Å². The van der Waals surface area contributed by atoms with Crippen molar-refractivity contribution in [2.75, 3.05) is 5.73 Å². The number of carbonyl (C=O) groups excluding carboxylic acids is 1. The van der Waals surface area contributed by atoms with Crippen molar-refractivity contribution in [2.24, 2.45) is 0 Å². The molecule has 2 N–H and O–H groups in total. The minimum absolute atomic E-state index is 0.0155. The molecule has 0 aliphatic carbocycles. The number of nitrogens with two attached hydrogens (primary N) is 1. The lowest BCUT2D eigenvalue weighted by atomic mass is 10.1. The van der Waals surface area contributed by atoms with Gasteiger partial charge < -0.3 is 15.6 Å². The van der Waals surface area contributed by atoms with E-state index in [2.05, 4.69) is 15.9 Å². The normalized spacial score (nSPS) is 9.79. The molecule has 0 aliphatic heterocycles. The Labute approximate surface area is 86.6 Å². The van der Waals surface area contributed by atoms with E-state index in [0.29, 0.717) is 0 Å². The number of carboxylic acid groups (broad SMARTS) is 1. The second-order valence-electron chi connectivity index (χ2n) is 2.44. The van der Waals surface area contributed by atoms with Gasteiger partial charge in [0.25, 0.3) is 5.69 Å². The first-order valence-corrected chi connectivity index (χ1v) is 4.17. The summed E-state index contributed by atoms with van der Waals surface area (Å²) in [5.41, 5.74) is 4.34. The first-order chi connectivity index (χ1) is 6.43. The van der Waals surface area contributed by atoms with E-state index >= 15 is 0 Å². The van der Waals surface area contributed by atoms with Crippen molar-refractivity contribution in [1.82, 2.24) is 0 Å². The second-order valence-corrected chi connectivity index (χ2v) is 3.30. The molecule has 0 unspecified atom stereocenters. The van der Waals surface area contributed by atoms with Crippen LogP contribution in [0.4, 0.5) is 11.4 Å². The van der Waals surface area contributed by atoms with Gasteiger partial charge in [-0.15, -0.1) is 0 Å². The predicted octanol–water partition coefficient (Wildman–Crippen LogP) is 0.303. The molecule has 0 fully saturated rings. The van der Waals surface area contributed by atoms with E-state index in [1.54, 1.807) is 0 Å². The Bertz CT molecular complexity index is 418. The smallest absolute Gasteiger partial charge is 0.292 e. The van der Waals surface area contributed by atoms with Crippen molar-refractivity contribution in [3.8, 4) is 0 Å². The fourth-order valence-corrected chi connectivity index (χ4v) is 1.58. The van der Waals surface area contributed by atoms with Crippen molar-refractivity contribution in [2.45, 2.75) is 0 Å². The molecule has 0 saturated carbocycles. The monoisotopic (exact) mass is 259 g/mol. The highest BCUT2D eigenvalue weighted by Crippen LogP contribution is 2.30. The molecule has 0 spiro atoms. The summed E-state index contributed by atoms with van der Waals surface area (Å²) in [4.78, 5) is 20.2. The molecule has 1 aromatic rings. The Balaban J connectivity index is 3.52. The van der Waals surface area contributed by atoms with E-state index in [0.717, 1.165) is 6.07 Å². The van der Waals surface area contributed by atoms with Crippen molar-refractivity contribution in [3.63, 3.8) is 0 Å². The molecule has 6 nitrogen and oxygen atoms in total. The zero-order valence-electron chi connectivity index (χ0n) is 6.69. The zero-order chi connectivity index (χ0) is 10.9. The molecular formula is C7H4BrN2O4-. The van der Waals surface area contributed by atoms with E-state index in [1.807, 2.05) is 0 Å². The van der Waals surface area contributed by atoms with Crippen LogP contribution in [0.1, 0.15) is 10.4 Å². The minimum atomic E-state index is -1.63. The Hall–Kier alpha value is -1.63. The number of benzene rings is 1. The Kier molecular flexibility index (Phi) is 2.70. The lowest BCUT2D eigenvalue weighted by molar-refractivity contribution is -0.386. The standard InChI is InChI=1S/C7H5BrN2O4/c8-5-2-3(9)1-4(7(11)12)6(5)10(13)14/h1-2H,9H2,(H,11,12)/p-1. The van der Waals surface area contributed by atoms with Crippen LogP contribution in [0, 0.1) is 10.1 Å². The van der Waals surface area contributed by atoms with E-state index < -0.39 is 22.1 Å². The molecular weight excluding hydrogens is 256 g/mol. The summed E-state index contributed by atoms with van der Waals surface area (Å²) in [6, 6.07) is 2.24. The van der Waals surface area contributed by atoms with Crippen LogP contribution in [0.2, 0.25) is 0 Å². The molecule has 0 saturated heterocycles. The lowest BCUT2D eigenvalue weighted by Gasteiger charge is -2.06. The first-order valence-electron chi connectivity index (χ1n) is 3.38. The summed E-state index contributed by atoms with van der Waals surface area (Å²) in [5, 5.41) is 21.0. The molecule has 1 rings (SSSR count). The van der Waals surface area contributed by atoms with Crippen LogP contribution in [-0.4, -0.2) is 10.9 Å². The van der Waals surface area contributed by atoms with Gasteiger partial charge in [0.05, 0.1) is 20.9 Å². The van der Waals surface area contributed by atoms with Crippen LogP contribution in [0.15, 0.2) is 16.6 Å². The van der Waals surface area contributed by atoms with E-state index in [9.17, 15) is 20.0 Å². The first kappa shape index (κ1) is 10.5. The van der Waals surface area contributed by atoms with Crippen LogP contribution in [0.5, 0.6) is 0 Å². The number of nitro groups is 1. The number of hydrogen-bond donors (Lipinski definition) is 1. The van der Waals surface area contributed by atoms with Crippen LogP contribution < -0.4 is 10.8 Å². The quantitative estimate of drug-likeness (QED) is 0.467. The number of hydrogen-bond acceptors (Lipinski definition) is 5. The van der Waals surface area contributed by atoms with Gasteiger partial charge in [-0.3, -0.25) is 10.1 Å². The third-order valence-corrected chi connectivity index (χ3v) is 2.09. The van der Waals surface area contributed by atoms with E-state index in [-0.39, 0.29) is 10.2 Å². The van der Waals surface area contributed by atoms with Gasteiger partial charge in [-0.1, -0.05) is 0 Å². The molecule has 74 valence electrons. The van der Waals surface area contributed by atoms with Gasteiger partial charge in [0, 0.05) is 5.69 Å². The summed E-state index contributed by atoms with van der Waals surface area (Å²) in [6.07, 6.45) is 0. The van der Waals surface area contributed by atoms with Crippen molar-refractivity contribution in [3.05, 3.63) is 32.3 Å². The van der Waals surface area contributed by atoms with E-state index in [4.69, 9.17) is 5.73 Å². The summed E-state index contributed by atoms with van der Waals surface area (Å²) in [5.74, 6) is -1.63. The molecule has 0 radical (unpaired) electrons. The molecule has 0 bridgehead atoms. The van der Waals surface area contributed by atoms with Gasteiger partial charge >= 0.3 is 0 Å². The molecule has 14 heavy (non-hydrogen) atoms. The fraction of sp³-hybridized carbons (Fsp3) is 0. The molecule has 0 aliphatic rings. The number of aromatic carboxylic acids is 1. The number of rotatable bonds is 2. The zero-order valence-corrected chi connectivity index (χ0v) is 8.28. The minimum Gasteiger partial charge on any atom is -0.545 e. The van der Waals surface area contributed by atoms with Gasteiger partial charge in [0.1, 0.15) is 0 Å². The average Bonchev–Trinajstić information content (AvgIpc) is 2.01. The average molecular weight is 260 g/mol. The topological polar surface area (TPSA) is 109 Å². The third-order valence-electron chi connectivity index (χ3n) is 1.49. The largest absolute Gasteiger partial charge is 0.545 e. The summed E-state index contributed by atoms with van der Waals surface area (Å²) < 4.78 is 0.0155. The number of nitro benzene ring substituents is 1. The molecule has 7 heteroatoms. The number of nitrogens with zero attached hydrogens (tertiary/aromatic N) is 1. The number of carboxylic acids is 1. The van der Waals surface area contributed by atoms with E-state index in [1.165, 1.54) is 6.07 Å². The SMILES string of the molecule is Nc1cc(Br)c([N+](=O)[O-])c(C(=O)[O-])c1. The summed E-state index contributed by atoms with van der Waals surface area (Å²) in [7, 11) is 0. The molecule has 1 aromatic carbocycles. The van der Waals surface area contributed by atoms with Gasteiger partial charge in [0.15, 0.2) is 0 Å². The van der Waals surface area contributed by atoms with Crippen LogP contribution in [0.25, 0.3) is 0 Å². The Morgan fingerprint density at radius 1 is 1.50 bits per heavy atom. The fourth-order valence-electron chi connectivity index (χ4n) is 0.961. The van der Waals surface area contributed by atoms with Gasteiger partial charge in [-0.2, -0.15) is 0 Å².